The van der Waals surface area contributed by atoms with Crippen molar-refractivity contribution < 1.29 is 22.8 Å². The molecule has 10 heteroatoms. The minimum atomic E-state index is -4.40. The molecule has 0 unspecified atom stereocenters. The molecule has 2 aromatic heterocycles. The predicted octanol–water partition coefficient (Wildman–Crippen LogP) is 2.70. The zero-order valence-corrected chi connectivity index (χ0v) is 14.5. The Morgan fingerprint density at radius 1 is 1.30 bits per heavy atom. The van der Waals surface area contributed by atoms with E-state index in [1.807, 2.05) is 0 Å². The summed E-state index contributed by atoms with van der Waals surface area (Å²) < 4.78 is 39.6. The topological polar surface area (TPSA) is 75.5 Å². The number of hydrogen-bond donors (Lipinski definition) is 2. The number of benzene rings is 1. The van der Waals surface area contributed by atoms with Crippen LogP contribution in [0.15, 0.2) is 35.8 Å². The smallest absolute Gasteiger partial charge is 0.354 e. The third kappa shape index (κ3) is 3.27. The number of imidazole rings is 1. The summed E-state index contributed by atoms with van der Waals surface area (Å²) in [5.74, 6) is -0.620. The fourth-order valence-corrected chi connectivity index (χ4v) is 3.73. The molecule has 0 radical (unpaired) electrons. The summed E-state index contributed by atoms with van der Waals surface area (Å²) in [6.45, 7) is 0.520. The first-order valence-electron chi connectivity index (χ1n) is 8.06. The molecule has 4 rings (SSSR count). The number of rotatable bonds is 3. The number of amides is 2. The Balaban J connectivity index is 1.60. The summed E-state index contributed by atoms with van der Waals surface area (Å²) in [4.78, 5) is 29.0. The van der Waals surface area contributed by atoms with E-state index >= 15 is 0 Å². The van der Waals surface area contributed by atoms with Crippen molar-refractivity contribution in [3.63, 3.8) is 0 Å². The minimum Gasteiger partial charge on any atom is -0.354 e. The van der Waals surface area contributed by atoms with E-state index < -0.39 is 23.7 Å². The molecule has 3 aromatic rings. The van der Waals surface area contributed by atoms with Gasteiger partial charge in [0.1, 0.15) is 11.7 Å². The van der Waals surface area contributed by atoms with Gasteiger partial charge in [-0.25, -0.2) is 4.98 Å². The highest BCUT2D eigenvalue weighted by Gasteiger charge is 2.30. The number of halogens is 3. The van der Waals surface area contributed by atoms with E-state index in [4.69, 9.17) is 0 Å². The number of carbonyl (C=O) groups is 2. The molecule has 0 spiro atoms. The van der Waals surface area contributed by atoms with Crippen LogP contribution in [0.4, 0.5) is 13.2 Å². The van der Waals surface area contributed by atoms with Crippen LogP contribution in [0.3, 0.4) is 0 Å². The number of thiazole rings is 1. The van der Waals surface area contributed by atoms with Crippen LogP contribution in [0.1, 0.15) is 22.5 Å². The van der Waals surface area contributed by atoms with E-state index in [2.05, 4.69) is 15.6 Å². The zero-order chi connectivity index (χ0) is 19.2. The zero-order valence-electron chi connectivity index (χ0n) is 13.7. The lowest BCUT2D eigenvalue weighted by Crippen LogP contribution is -2.40. The van der Waals surface area contributed by atoms with Crippen LogP contribution in [-0.4, -0.2) is 33.8 Å². The van der Waals surface area contributed by atoms with Gasteiger partial charge < -0.3 is 10.6 Å². The van der Waals surface area contributed by atoms with Gasteiger partial charge in [0.05, 0.1) is 11.3 Å². The molecule has 6 nitrogen and oxygen atoms in total. The lowest BCUT2D eigenvalue weighted by molar-refractivity contribution is -0.137. The fraction of sp³-hybridized carbons (Fsp3) is 0.235. The molecule has 140 valence electrons. The first-order valence-corrected chi connectivity index (χ1v) is 8.94. The Labute approximate surface area is 155 Å². The van der Waals surface area contributed by atoms with E-state index in [-0.39, 0.29) is 5.91 Å². The number of hydrogen-bond acceptors (Lipinski definition) is 4. The van der Waals surface area contributed by atoms with E-state index in [1.54, 1.807) is 16.0 Å². The molecule has 1 saturated heterocycles. The molecule has 2 amide bonds. The first-order chi connectivity index (χ1) is 12.8. The van der Waals surface area contributed by atoms with Crippen LogP contribution < -0.4 is 10.6 Å². The fourth-order valence-electron chi connectivity index (χ4n) is 2.88. The van der Waals surface area contributed by atoms with Crippen LogP contribution in [0.25, 0.3) is 16.2 Å². The van der Waals surface area contributed by atoms with Crippen molar-refractivity contribution in [1.82, 2.24) is 20.0 Å². The van der Waals surface area contributed by atoms with E-state index in [1.165, 1.54) is 23.5 Å². The average Bonchev–Trinajstić information content (AvgIpc) is 3.30. The first kappa shape index (κ1) is 17.5. The molecule has 0 saturated carbocycles. The number of aromatic nitrogens is 2. The predicted molar refractivity (Wildman–Crippen MR) is 92.4 cm³/mol. The van der Waals surface area contributed by atoms with Crippen molar-refractivity contribution in [2.75, 3.05) is 6.54 Å². The second-order valence-electron chi connectivity index (χ2n) is 6.08. The number of nitrogens with zero attached hydrogens (tertiary/aromatic N) is 2. The highest BCUT2D eigenvalue weighted by atomic mass is 32.1. The van der Waals surface area contributed by atoms with Gasteiger partial charge in [-0.2, -0.15) is 13.2 Å². The van der Waals surface area contributed by atoms with Gasteiger partial charge in [0, 0.05) is 23.7 Å². The molecular weight excluding hydrogens is 381 g/mol. The number of nitrogens with one attached hydrogen (secondary N) is 2. The average molecular weight is 394 g/mol. The maximum Gasteiger partial charge on any atom is 0.416 e. The molecule has 27 heavy (non-hydrogen) atoms. The Morgan fingerprint density at radius 2 is 2.04 bits per heavy atom. The maximum atomic E-state index is 12.7. The van der Waals surface area contributed by atoms with E-state index in [0.29, 0.717) is 34.9 Å². The summed E-state index contributed by atoms with van der Waals surface area (Å²) >= 11 is 1.23. The summed E-state index contributed by atoms with van der Waals surface area (Å²) in [5, 5.41) is 6.95. The van der Waals surface area contributed by atoms with Crippen LogP contribution >= 0.6 is 11.3 Å². The molecule has 2 N–H and O–H groups in total. The van der Waals surface area contributed by atoms with Gasteiger partial charge >= 0.3 is 6.18 Å². The molecule has 1 aliphatic rings. The summed E-state index contributed by atoms with van der Waals surface area (Å²) in [6.07, 6.45) is -2.28. The lowest BCUT2D eigenvalue weighted by Gasteiger charge is -2.09. The maximum absolute atomic E-state index is 12.7. The highest BCUT2D eigenvalue weighted by molar-refractivity contribution is 7.15. The standard InChI is InChI=1S/C17H13F3N4O2S/c18-17(19,20)10-3-1-9(2-4-10)12-7-24-13(8-27-16(24)23-12)15(26)22-11-5-6-21-14(11)25/h1-4,7-8,11H,5-6H2,(H,21,25)(H,22,26)/t11-/m1/s1. The third-order valence-corrected chi connectivity index (χ3v) is 5.14. The number of alkyl halides is 3. The molecule has 0 bridgehead atoms. The van der Waals surface area contributed by atoms with Gasteiger partial charge in [0.25, 0.3) is 5.91 Å². The van der Waals surface area contributed by atoms with Crippen LogP contribution in [0.5, 0.6) is 0 Å². The summed E-state index contributed by atoms with van der Waals surface area (Å²) in [7, 11) is 0. The van der Waals surface area contributed by atoms with Crippen molar-refractivity contribution >= 4 is 28.1 Å². The van der Waals surface area contributed by atoms with E-state index in [0.717, 1.165) is 12.1 Å². The van der Waals surface area contributed by atoms with Crippen LogP contribution in [-0.2, 0) is 11.0 Å². The quantitative estimate of drug-likeness (QED) is 0.717. The molecule has 3 heterocycles. The molecule has 1 atom stereocenters. The largest absolute Gasteiger partial charge is 0.416 e. The van der Waals surface area contributed by atoms with Gasteiger partial charge in [-0.15, -0.1) is 11.3 Å². The Morgan fingerprint density at radius 3 is 2.67 bits per heavy atom. The molecule has 1 aliphatic heterocycles. The number of fused-ring (bicyclic) bond motifs is 1. The molecule has 0 aliphatic carbocycles. The third-order valence-electron chi connectivity index (χ3n) is 4.30. The van der Waals surface area contributed by atoms with Crippen molar-refractivity contribution in [3.05, 3.63) is 47.1 Å². The molecular formula is C17H13F3N4O2S. The van der Waals surface area contributed by atoms with Gasteiger partial charge in [-0.1, -0.05) is 12.1 Å². The Kier molecular flexibility index (Phi) is 4.14. The van der Waals surface area contributed by atoms with Crippen molar-refractivity contribution in [3.8, 4) is 11.3 Å². The van der Waals surface area contributed by atoms with Crippen molar-refractivity contribution in [1.29, 1.82) is 0 Å². The van der Waals surface area contributed by atoms with Gasteiger partial charge in [-0.3, -0.25) is 14.0 Å². The minimum absolute atomic E-state index is 0.217. The van der Waals surface area contributed by atoms with Crippen molar-refractivity contribution in [2.45, 2.75) is 18.6 Å². The van der Waals surface area contributed by atoms with Crippen molar-refractivity contribution in [2.24, 2.45) is 0 Å². The van der Waals surface area contributed by atoms with E-state index in [9.17, 15) is 22.8 Å². The summed E-state index contributed by atoms with van der Waals surface area (Å²) in [5.41, 5.74) is 0.561. The number of carbonyl (C=O) groups excluding carboxylic acids is 2. The normalized spacial score (nSPS) is 17.3. The second-order valence-corrected chi connectivity index (χ2v) is 6.92. The monoisotopic (exact) mass is 394 g/mol. The molecule has 1 aromatic carbocycles. The highest BCUT2D eigenvalue weighted by Crippen LogP contribution is 2.31. The summed E-state index contributed by atoms with van der Waals surface area (Å²) in [6, 6.07) is 4.12. The van der Waals surface area contributed by atoms with Crippen LogP contribution in [0.2, 0.25) is 0 Å². The SMILES string of the molecule is O=C(N[C@@H]1CCNC1=O)c1csc2nc(-c3ccc(C(F)(F)F)cc3)cn12. The van der Waals surface area contributed by atoms with Crippen LogP contribution in [0, 0.1) is 0 Å². The molecule has 1 fully saturated rings. The Hall–Kier alpha value is -2.88. The second kappa shape index (κ2) is 6.38. The van der Waals surface area contributed by atoms with Gasteiger partial charge in [0.15, 0.2) is 4.96 Å². The van der Waals surface area contributed by atoms with Gasteiger partial charge in [0.2, 0.25) is 5.91 Å². The Bertz CT molecular complexity index is 1020. The lowest BCUT2D eigenvalue weighted by atomic mass is 10.1. The van der Waals surface area contributed by atoms with Gasteiger partial charge in [-0.05, 0) is 18.6 Å².